The molecular formula is C7H11N3. The fraction of sp³-hybridized carbons (Fsp3) is 0.714. The normalized spacial score (nSPS) is 17.7. The van der Waals surface area contributed by atoms with E-state index in [9.17, 15) is 0 Å². The van der Waals surface area contributed by atoms with Crippen molar-refractivity contribution in [2.24, 2.45) is 5.92 Å². The highest BCUT2D eigenvalue weighted by Gasteiger charge is 2.22. The van der Waals surface area contributed by atoms with E-state index in [2.05, 4.69) is 10.3 Å². The largest absolute Gasteiger partial charge is 0.249 e. The van der Waals surface area contributed by atoms with Crippen LogP contribution in [-0.2, 0) is 6.54 Å². The Kier molecular flexibility index (Phi) is 1.22. The van der Waals surface area contributed by atoms with Crippen LogP contribution in [0.25, 0.3) is 0 Å². The average molecular weight is 137 g/mol. The summed E-state index contributed by atoms with van der Waals surface area (Å²) >= 11 is 0. The first-order valence-corrected chi connectivity index (χ1v) is 3.71. The van der Waals surface area contributed by atoms with Crippen LogP contribution in [-0.4, -0.2) is 15.0 Å². The minimum Gasteiger partial charge on any atom is -0.249 e. The van der Waals surface area contributed by atoms with Crippen LogP contribution in [0.3, 0.4) is 0 Å². The molecule has 1 heterocycles. The molecule has 3 nitrogen and oxygen atoms in total. The first kappa shape index (κ1) is 5.89. The lowest BCUT2D eigenvalue weighted by Crippen LogP contribution is -2.03. The maximum Gasteiger partial charge on any atom is 0.0722 e. The molecule has 0 bridgehead atoms. The lowest BCUT2D eigenvalue weighted by Gasteiger charge is -1.98. The summed E-state index contributed by atoms with van der Waals surface area (Å²) in [5.41, 5.74) is 1.17. The Morgan fingerprint density at radius 3 is 3.00 bits per heavy atom. The molecule has 0 radical (unpaired) electrons. The molecule has 0 spiro atoms. The number of rotatable bonds is 2. The van der Waals surface area contributed by atoms with Crippen molar-refractivity contribution >= 4 is 0 Å². The Bertz CT molecular complexity index is 225. The summed E-state index contributed by atoms with van der Waals surface area (Å²) in [5, 5.41) is 7.78. The van der Waals surface area contributed by atoms with Crippen molar-refractivity contribution in [2.45, 2.75) is 26.3 Å². The molecule has 0 saturated heterocycles. The third-order valence-electron chi connectivity index (χ3n) is 1.94. The summed E-state index contributed by atoms with van der Waals surface area (Å²) in [4.78, 5) is 0. The van der Waals surface area contributed by atoms with E-state index in [-0.39, 0.29) is 0 Å². The molecule has 3 heteroatoms. The van der Waals surface area contributed by atoms with Gasteiger partial charge < -0.3 is 0 Å². The molecule has 0 aromatic carbocycles. The maximum atomic E-state index is 3.96. The number of aromatic nitrogens is 3. The molecule has 1 aliphatic carbocycles. The van der Waals surface area contributed by atoms with Crippen LogP contribution in [0.1, 0.15) is 18.5 Å². The fourth-order valence-corrected chi connectivity index (χ4v) is 1.03. The highest BCUT2D eigenvalue weighted by atomic mass is 15.4. The van der Waals surface area contributed by atoms with Crippen LogP contribution < -0.4 is 0 Å². The topological polar surface area (TPSA) is 30.7 Å². The van der Waals surface area contributed by atoms with Crippen LogP contribution >= 0.6 is 0 Å². The molecule has 0 N–H and O–H groups in total. The summed E-state index contributed by atoms with van der Waals surface area (Å²) in [6.07, 6.45) is 4.56. The molecule has 1 aromatic rings. The number of aryl methyl sites for hydroxylation is 1. The van der Waals surface area contributed by atoms with Crippen molar-refractivity contribution < 1.29 is 0 Å². The van der Waals surface area contributed by atoms with Crippen LogP contribution in [0.5, 0.6) is 0 Å². The molecule has 0 atom stereocenters. The van der Waals surface area contributed by atoms with Gasteiger partial charge in [-0.05, 0) is 25.7 Å². The number of hydrogen-bond donors (Lipinski definition) is 0. The first-order valence-electron chi connectivity index (χ1n) is 3.71. The SMILES string of the molecule is Cc1cnnn1CC1CC1. The first-order chi connectivity index (χ1) is 4.86. The van der Waals surface area contributed by atoms with Gasteiger partial charge in [0.1, 0.15) is 0 Å². The number of nitrogens with zero attached hydrogens (tertiary/aromatic N) is 3. The van der Waals surface area contributed by atoms with E-state index in [4.69, 9.17) is 0 Å². The van der Waals surface area contributed by atoms with E-state index in [1.165, 1.54) is 18.5 Å². The van der Waals surface area contributed by atoms with Crippen LogP contribution in [0.15, 0.2) is 6.20 Å². The standard InChI is InChI=1S/C7H11N3/c1-6-4-8-9-10(6)5-7-2-3-7/h4,7H,2-3,5H2,1H3. The van der Waals surface area contributed by atoms with Gasteiger partial charge in [-0.3, -0.25) is 0 Å². The molecule has 0 aliphatic heterocycles. The van der Waals surface area contributed by atoms with Crippen LogP contribution in [0.4, 0.5) is 0 Å². The molecule has 1 saturated carbocycles. The van der Waals surface area contributed by atoms with Crippen LogP contribution in [0, 0.1) is 12.8 Å². The molecule has 0 unspecified atom stereocenters. The van der Waals surface area contributed by atoms with Gasteiger partial charge in [0.2, 0.25) is 0 Å². The van der Waals surface area contributed by atoms with Crippen molar-refractivity contribution in [3.05, 3.63) is 11.9 Å². The smallest absolute Gasteiger partial charge is 0.0722 e. The van der Waals surface area contributed by atoms with E-state index in [0.29, 0.717) is 0 Å². The average Bonchev–Trinajstić information content (AvgIpc) is 2.62. The summed E-state index contributed by atoms with van der Waals surface area (Å²) in [7, 11) is 0. The van der Waals surface area contributed by atoms with E-state index >= 15 is 0 Å². The number of hydrogen-bond acceptors (Lipinski definition) is 2. The highest BCUT2D eigenvalue weighted by Crippen LogP contribution is 2.30. The van der Waals surface area contributed by atoms with Gasteiger partial charge in [-0.25, -0.2) is 4.68 Å². The summed E-state index contributed by atoms with van der Waals surface area (Å²) in [6, 6.07) is 0. The Morgan fingerprint density at radius 1 is 1.70 bits per heavy atom. The van der Waals surface area contributed by atoms with E-state index in [1.807, 2.05) is 17.8 Å². The summed E-state index contributed by atoms with van der Waals surface area (Å²) < 4.78 is 1.98. The van der Waals surface area contributed by atoms with Crippen molar-refractivity contribution in [2.75, 3.05) is 0 Å². The predicted octanol–water partition coefficient (Wildman–Crippen LogP) is 0.997. The van der Waals surface area contributed by atoms with Gasteiger partial charge in [0.25, 0.3) is 0 Å². The third-order valence-corrected chi connectivity index (χ3v) is 1.94. The van der Waals surface area contributed by atoms with Gasteiger partial charge in [0.05, 0.1) is 11.9 Å². The van der Waals surface area contributed by atoms with Crippen molar-refractivity contribution in [3.63, 3.8) is 0 Å². The summed E-state index contributed by atoms with van der Waals surface area (Å²) in [5.74, 6) is 0.889. The zero-order valence-corrected chi connectivity index (χ0v) is 6.12. The highest BCUT2D eigenvalue weighted by molar-refractivity contribution is 4.90. The molecule has 1 fully saturated rings. The van der Waals surface area contributed by atoms with E-state index in [1.54, 1.807) is 0 Å². The zero-order chi connectivity index (χ0) is 6.97. The van der Waals surface area contributed by atoms with Gasteiger partial charge in [0.15, 0.2) is 0 Å². The molecule has 10 heavy (non-hydrogen) atoms. The van der Waals surface area contributed by atoms with Gasteiger partial charge >= 0.3 is 0 Å². The van der Waals surface area contributed by atoms with E-state index in [0.717, 1.165) is 12.5 Å². The molecule has 1 aromatic heterocycles. The zero-order valence-electron chi connectivity index (χ0n) is 6.12. The minimum absolute atomic E-state index is 0.889. The van der Waals surface area contributed by atoms with Crippen molar-refractivity contribution in [1.82, 2.24) is 15.0 Å². The quantitative estimate of drug-likeness (QED) is 0.608. The molecule has 54 valence electrons. The van der Waals surface area contributed by atoms with Crippen molar-refractivity contribution in [1.29, 1.82) is 0 Å². The Hall–Kier alpha value is -0.860. The third kappa shape index (κ3) is 1.03. The second kappa shape index (κ2) is 2.08. The molecule has 1 aliphatic rings. The predicted molar refractivity (Wildman–Crippen MR) is 37.5 cm³/mol. The lowest BCUT2D eigenvalue weighted by atomic mass is 10.4. The van der Waals surface area contributed by atoms with Gasteiger partial charge in [-0.15, -0.1) is 5.10 Å². The lowest BCUT2D eigenvalue weighted by molar-refractivity contribution is 0.532. The van der Waals surface area contributed by atoms with E-state index < -0.39 is 0 Å². The Morgan fingerprint density at radius 2 is 2.50 bits per heavy atom. The van der Waals surface area contributed by atoms with Gasteiger partial charge in [-0.1, -0.05) is 5.21 Å². The van der Waals surface area contributed by atoms with Gasteiger partial charge in [0, 0.05) is 6.54 Å². The molecule has 0 amide bonds. The molecular weight excluding hydrogens is 126 g/mol. The molecule has 2 rings (SSSR count). The second-order valence-corrected chi connectivity index (χ2v) is 3.00. The Balaban J connectivity index is 2.08. The minimum atomic E-state index is 0.889. The Labute approximate surface area is 60.0 Å². The summed E-state index contributed by atoms with van der Waals surface area (Å²) in [6.45, 7) is 3.12. The maximum absolute atomic E-state index is 3.96. The van der Waals surface area contributed by atoms with Crippen molar-refractivity contribution in [3.8, 4) is 0 Å². The second-order valence-electron chi connectivity index (χ2n) is 3.00. The fourth-order valence-electron chi connectivity index (χ4n) is 1.03. The van der Waals surface area contributed by atoms with Crippen LogP contribution in [0.2, 0.25) is 0 Å². The van der Waals surface area contributed by atoms with Gasteiger partial charge in [-0.2, -0.15) is 0 Å². The monoisotopic (exact) mass is 137 g/mol.